The van der Waals surface area contributed by atoms with Crippen LogP contribution in [0.2, 0.25) is 0 Å². The van der Waals surface area contributed by atoms with E-state index in [2.05, 4.69) is 24.1 Å². The molecule has 13 heavy (non-hydrogen) atoms. The topological polar surface area (TPSA) is 35.5 Å². The lowest BCUT2D eigenvalue weighted by Gasteiger charge is -2.39. The van der Waals surface area contributed by atoms with Gasteiger partial charge in [0, 0.05) is 31.8 Å². The number of piperazine rings is 1. The van der Waals surface area contributed by atoms with E-state index in [1.165, 1.54) is 6.42 Å². The van der Waals surface area contributed by atoms with Crippen molar-refractivity contribution in [3.05, 3.63) is 0 Å². The summed E-state index contributed by atoms with van der Waals surface area (Å²) in [7, 11) is 0. The molecular formula is C10H22N2O. The van der Waals surface area contributed by atoms with Gasteiger partial charge in [0.25, 0.3) is 0 Å². The summed E-state index contributed by atoms with van der Waals surface area (Å²) in [4.78, 5) is 2.50. The van der Waals surface area contributed by atoms with Crippen molar-refractivity contribution in [1.82, 2.24) is 10.2 Å². The molecule has 2 N–H and O–H groups in total. The first-order valence-corrected chi connectivity index (χ1v) is 5.36. The molecule has 0 aliphatic carbocycles. The molecule has 2 unspecified atom stereocenters. The van der Waals surface area contributed by atoms with Gasteiger partial charge in [-0.25, -0.2) is 0 Å². The van der Waals surface area contributed by atoms with E-state index in [0.29, 0.717) is 18.7 Å². The third-order valence-electron chi connectivity index (χ3n) is 2.70. The summed E-state index contributed by atoms with van der Waals surface area (Å²) in [5, 5.41) is 12.4. The SMILES string of the molecule is CCCN1CC(C)NCC1CCO. The fourth-order valence-corrected chi connectivity index (χ4v) is 2.03. The van der Waals surface area contributed by atoms with Crippen LogP contribution in [-0.4, -0.2) is 48.3 Å². The van der Waals surface area contributed by atoms with Crippen LogP contribution in [0.1, 0.15) is 26.7 Å². The number of nitrogens with one attached hydrogen (secondary N) is 1. The summed E-state index contributed by atoms with van der Waals surface area (Å²) < 4.78 is 0. The highest BCUT2D eigenvalue weighted by atomic mass is 16.3. The standard InChI is InChI=1S/C10H22N2O/c1-3-5-12-8-9(2)11-7-10(12)4-6-13/h9-11,13H,3-8H2,1-2H3. The average Bonchev–Trinajstić information content (AvgIpc) is 2.10. The Bertz CT molecular complexity index is 141. The summed E-state index contributed by atoms with van der Waals surface area (Å²) in [6, 6.07) is 1.14. The molecule has 0 radical (unpaired) electrons. The maximum absolute atomic E-state index is 8.92. The van der Waals surface area contributed by atoms with Crippen molar-refractivity contribution in [2.75, 3.05) is 26.2 Å². The quantitative estimate of drug-likeness (QED) is 0.669. The lowest BCUT2D eigenvalue weighted by atomic mass is 10.1. The number of aliphatic hydroxyl groups excluding tert-OH is 1. The zero-order chi connectivity index (χ0) is 9.68. The normalized spacial score (nSPS) is 30.7. The van der Waals surface area contributed by atoms with Gasteiger partial charge >= 0.3 is 0 Å². The van der Waals surface area contributed by atoms with E-state index in [-0.39, 0.29) is 0 Å². The zero-order valence-corrected chi connectivity index (χ0v) is 8.79. The van der Waals surface area contributed by atoms with Crippen LogP contribution in [0.3, 0.4) is 0 Å². The van der Waals surface area contributed by atoms with E-state index >= 15 is 0 Å². The third-order valence-corrected chi connectivity index (χ3v) is 2.70. The van der Waals surface area contributed by atoms with Gasteiger partial charge in [-0.1, -0.05) is 6.92 Å². The minimum Gasteiger partial charge on any atom is -0.396 e. The summed E-state index contributed by atoms with van der Waals surface area (Å²) in [5.74, 6) is 0. The van der Waals surface area contributed by atoms with Gasteiger partial charge in [0.05, 0.1) is 0 Å². The number of hydrogen-bond acceptors (Lipinski definition) is 3. The van der Waals surface area contributed by atoms with Crippen molar-refractivity contribution in [3.8, 4) is 0 Å². The number of hydrogen-bond donors (Lipinski definition) is 2. The van der Waals surface area contributed by atoms with Gasteiger partial charge < -0.3 is 10.4 Å². The Balaban J connectivity index is 2.40. The van der Waals surface area contributed by atoms with Gasteiger partial charge in [-0.15, -0.1) is 0 Å². The fraction of sp³-hybridized carbons (Fsp3) is 1.00. The Hall–Kier alpha value is -0.120. The molecule has 1 saturated heterocycles. The van der Waals surface area contributed by atoms with Crippen molar-refractivity contribution >= 4 is 0 Å². The largest absolute Gasteiger partial charge is 0.396 e. The molecule has 2 atom stereocenters. The molecule has 0 amide bonds. The Morgan fingerprint density at radius 1 is 1.54 bits per heavy atom. The summed E-state index contributed by atoms with van der Waals surface area (Å²) in [5.41, 5.74) is 0. The molecule has 0 saturated carbocycles. The molecular weight excluding hydrogens is 164 g/mol. The van der Waals surface area contributed by atoms with E-state index < -0.39 is 0 Å². The van der Waals surface area contributed by atoms with Crippen molar-refractivity contribution in [1.29, 1.82) is 0 Å². The molecule has 0 aromatic carbocycles. The molecule has 1 heterocycles. The monoisotopic (exact) mass is 186 g/mol. The van der Waals surface area contributed by atoms with Gasteiger partial charge in [-0.3, -0.25) is 4.90 Å². The first-order valence-electron chi connectivity index (χ1n) is 5.36. The van der Waals surface area contributed by atoms with Crippen LogP contribution in [0.4, 0.5) is 0 Å². The van der Waals surface area contributed by atoms with Gasteiger partial charge in [-0.05, 0) is 26.3 Å². The third kappa shape index (κ3) is 3.25. The second-order valence-corrected chi connectivity index (χ2v) is 3.97. The maximum Gasteiger partial charge on any atom is 0.0446 e. The Kier molecular flexibility index (Phi) is 4.70. The Morgan fingerprint density at radius 2 is 2.31 bits per heavy atom. The number of aliphatic hydroxyl groups is 1. The highest BCUT2D eigenvalue weighted by Gasteiger charge is 2.23. The molecule has 1 aliphatic rings. The average molecular weight is 186 g/mol. The number of nitrogens with zero attached hydrogens (tertiary/aromatic N) is 1. The molecule has 0 bridgehead atoms. The fourth-order valence-electron chi connectivity index (χ4n) is 2.03. The molecule has 0 aromatic rings. The second-order valence-electron chi connectivity index (χ2n) is 3.97. The van der Waals surface area contributed by atoms with Crippen LogP contribution in [-0.2, 0) is 0 Å². The molecule has 78 valence electrons. The first-order chi connectivity index (χ1) is 6.27. The Morgan fingerprint density at radius 3 is 2.92 bits per heavy atom. The molecule has 1 fully saturated rings. The highest BCUT2D eigenvalue weighted by molar-refractivity contribution is 4.83. The molecule has 3 heteroatoms. The van der Waals surface area contributed by atoms with Crippen molar-refractivity contribution in [3.63, 3.8) is 0 Å². The van der Waals surface area contributed by atoms with Crippen LogP contribution >= 0.6 is 0 Å². The lowest BCUT2D eigenvalue weighted by Crippen LogP contribution is -2.55. The van der Waals surface area contributed by atoms with E-state index in [4.69, 9.17) is 5.11 Å². The van der Waals surface area contributed by atoms with E-state index in [1.807, 2.05) is 0 Å². The van der Waals surface area contributed by atoms with Gasteiger partial charge in [0.2, 0.25) is 0 Å². The number of rotatable bonds is 4. The molecule has 0 aromatic heterocycles. The van der Waals surface area contributed by atoms with Crippen molar-refractivity contribution in [2.24, 2.45) is 0 Å². The zero-order valence-electron chi connectivity index (χ0n) is 8.79. The van der Waals surface area contributed by atoms with Crippen molar-refractivity contribution < 1.29 is 5.11 Å². The van der Waals surface area contributed by atoms with Crippen LogP contribution in [0.15, 0.2) is 0 Å². The van der Waals surface area contributed by atoms with Crippen LogP contribution < -0.4 is 5.32 Å². The van der Waals surface area contributed by atoms with E-state index in [1.54, 1.807) is 0 Å². The molecule has 3 nitrogen and oxygen atoms in total. The first kappa shape index (κ1) is 11.0. The van der Waals surface area contributed by atoms with Crippen LogP contribution in [0, 0.1) is 0 Å². The predicted molar refractivity (Wildman–Crippen MR) is 54.8 cm³/mol. The second kappa shape index (κ2) is 5.58. The highest BCUT2D eigenvalue weighted by Crippen LogP contribution is 2.10. The molecule has 1 aliphatic heterocycles. The van der Waals surface area contributed by atoms with Crippen molar-refractivity contribution in [2.45, 2.75) is 38.8 Å². The van der Waals surface area contributed by atoms with E-state index in [9.17, 15) is 0 Å². The van der Waals surface area contributed by atoms with E-state index in [0.717, 1.165) is 26.1 Å². The summed E-state index contributed by atoms with van der Waals surface area (Å²) in [6.45, 7) is 8.05. The van der Waals surface area contributed by atoms with Gasteiger partial charge in [0.15, 0.2) is 0 Å². The van der Waals surface area contributed by atoms with Crippen LogP contribution in [0.5, 0.6) is 0 Å². The minimum atomic E-state index is 0.306. The predicted octanol–water partition coefficient (Wildman–Crippen LogP) is 0.441. The lowest BCUT2D eigenvalue weighted by molar-refractivity contribution is 0.110. The van der Waals surface area contributed by atoms with Gasteiger partial charge in [-0.2, -0.15) is 0 Å². The smallest absolute Gasteiger partial charge is 0.0446 e. The molecule has 1 rings (SSSR count). The summed E-state index contributed by atoms with van der Waals surface area (Å²) in [6.07, 6.45) is 2.11. The molecule has 0 spiro atoms. The van der Waals surface area contributed by atoms with Gasteiger partial charge in [0.1, 0.15) is 0 Å². The Labute approximate surface area is 81.1 Å². The minimum absolute atomic E-state index is 0.306. The van der Waals surface area contributed by atoms with Crippen LogP contribution in [0.25, 0.3) is 0 Å². The summed E-state index contributed by atoms with van der Waals surface area (Å²) >= 11 is 0. The maximum atomic E-state index is 8.92.